The Bertz CT molecular complexity index is 1440. The summed E-state index contributed by atoms with van der Waals surface area (Å²) in [6.45, 7) is 3.74. The third-order valence-corrected chi connectivity index (χ3v) is 6.38. The second kappa shape index (κ2) is 10.2. The number of para-hydroxylation sites is 1. The van der Waals surface area contributed by atoms with E-state index in [1.165, 1.54) is 18.2 Å². The minimum absolute atomic E-state index is 0.119. The predicted molar refractivity (Wildman–Crippen MR) is 137 cm³/mol. The fourth-order valence-electron chi connectivity index (χ4n) is 4.54. The minimum atomic E-state index is -0.827. The number of pyridine rings is 1. The van der Waals surface area contributed by atoms with Crippen LogP contribution in [0.3, 0.4) is 0 Å². The first-order valence-electron chi connectivity index (χ1n) is 12.0. The highest BCUT2D eigenvalue weighted by molar-refractivity contribution is 5.93. The van der Waals surface area contributed by atoms with Crippen molar-refractivity contribution in [3.05, 3.63) is 94.7 Å². The van der Waals surface area contributed by atoms with E-state index in [1.807, 2.05) is 43.3 Å². The summed E-state index contributed by atoms with van der Waals surface area (Å²) in [6.07, 6.45) is 2.02. The van der Waals surface area contributed by atoms with E-state index < -0.39 is 17.8 Å². The van der Waals surface area contributed by atoms with Crippen LogP contribution in [0, 0.1) is 30.5 Å². The highest BCUT2D eigenvalue weighted by Gasteiger charge is 2.24. The Morgan fingerprint density at radius 1 is 1.14 bits per heavy atom. The van der Waals surface area contributed by atoms with Crippen LogP contribution in [-0.4, -0.2) is 34.1 Å². The number of phenols is 1. The number of piperidine rings is 1. The molecule has 1 atom stereocenters. The summed E-state index contributed by atoms with van der Waals surface area (Å²) in [7, 11) is 0. The van der Waals surface area contributed by atoms with Gasteiger partial charge in [0.1, 0.15) is 17.3 Å². The number of phenolic OH excluding ortho intramolecular Hbond substituents is 1. The van der Waals surface area contributed by atoms with E-state index >= 15 is 0 Å². The van der Waals surface area contributed by atoms with Gasteiger partial charge in [-0.15, -0.1) is 0 Å². The molecule has 4 aromatic rings. The summed E-state index contributed by atoms with van der Waals surface area (Å²) in [5.74, 6) is 5.78. The van der Waals surface area contributed by atoms with Crippen molar-refractivity contribution in [3.63, 3.8) is 0 Å². The molecule has 0 saturated carbocycles. The second-order valence-electron chi connectivity index (χ2n) is 9.10. The number of nitrogens with zero attached hydrogens (tertiary/aromatic N) is 1. The van der Waals surface area contributed by atoms with Crippen molar-refractivity contribution in [2.75, 3.05) is 13.1 Å². The maximum absolute atomic E-state index is 14.2. The molecule has 3 heterocycles. The molecule has 4 N–H and O–H groups in total. The van der Waals surface area contributed by atoms with Crippen LogP contribution in [0.4, 0.5) is 4.39 Å². The number of rotatable bonds is 4. The van der Waals surface area contributed by atoms with Gasteiger partial charge in [0, 0.05) is 33.9 Å². The number of halogens is 1. The fraction of sp³-hybridized carbons (Fsp3) is 0.241. The van der Waals surface area contributed by atoms with E-state index in [1.54, 1.807) is 6.07 Å². The van der Waals surface area contributed by atoms with Crippen molar-refractivity contribution in [2.45, 2.75) is 25.8 Å². The zero-order valence-electron chi connectivity index (χ0n) is 19.9. The average molecular weight is 483 g/mol. The van der Waals surface area contributed by atoms with Crippen molar-refractivity contribution in [1.82, 2.24) is 20.6 Å². The smallest absolute Gasteiger partial charge is 0.270 e. The van der Waals surface area contributed by atoms with E-state index in [0.29, 0.717) is 17.3 Å². The summed E-state index contributed by atoms with van der Waals surface area (Å²) in [5, 5.41) is 17.7. The number of nitrogens with one attached hydrogen (secondary N) is 3. The molecule has 1 aliphatic heterocycles. The Morgan fingerprint density at radius 2 is 1.94 bits per heavy atom. The van der Waals surface area contributed by atoms with Gasteiger partial charge in [0.15, 0.2) is 0 Å². The number of aromatic nitrogens is 2. The Morgan fingerprint density at radius 3 is 2.75 bits per heavy atom. The number of fused-ring (bicyclic) bond motifs is 1. The number of benzene rings is 2. The van der Waals surface area contributed by atoms with Crippen molar-refractivity contribution < 1.29 is 14.3 Å². The molecule has 1 saturated heterocycles. The zero-order chi connectivity index (χ0) is 25.1. The SMILES string of the molecule is Cc1cc(C#CC2CCNCC2)cc(C(=O)NC(c2cc3ccccc3[nH]2)c2cc(F)ccc2O)n1. The van der Waals surface area contributed by atoms with E-state index in [4.69, 9.17) is 0 Å². The molecule has 0 bridgehead atoms. The number of aromatic hydroxyl groups is 1. The Labute approximate surface area is 209 Å². The largest absolute Gasteiger partial charge is 0.508 e. The standard InChI is InChI=1S/C29H27FN4O2/c1-18-14-20(7-6-19-10-12-31-13-11-19)15-26(32-18)29(36)34-28(23-17-22(30)8-9-27(23)35)25-16-21-4-2-3-5-24(21)33-25/h2-5,8-9,14-17,19,28,31,33,35H,10-13H2,1H3,(H,34,36). The average Bonchev–Trinajstić information content (AvgIpc) is 3.32. The van der Waals surface area contributed by atoms with Gasteiger partial charge in [-0.2, -0.15) is 0 Å². The molecule has 182 valence electrons. The lowest BCUT2D eigenvalue weighted by Gasteiger charge is -2.19. The lowest BCUT2D eigenvalue weighted by Crippen LogP contribution is -2.30. The number of hydrogen-bond acceptors (Lipinski definition) is 4. The van der Waals surface area contributed by atoms with Crippen LogP contribution >= 0.6 is 0 Å². The topological polar surface area (TPSA) is 90.0 Å². The minimum Gasteiger partial charge on any atom is -0.508 e. The highest BCUT2D eigenvalue weighted by atomic mass is 19.1. The van der Waals surface area contributed by atoms with E-state index in [0.717, 1.165) is 42.4 Å². The Hall–Kier alpha value is -4.15. The maximum Gasteiger partial charge on any atom is 0.270 e. The summed E-state index contributed by atoms with van der Waals surface area (Å²) in [4.78, 5) is 21.1. The van der Waals surface area contributed by atoms with Crippen LogP contribution in [0.25, 0.3) is 10.9 Å². The first-order valence-corrected chi connectivity index (χ1v) is 12.0. The monoisotopic (exact) mass is 482 g/mol. The van der Waals surface area contributed by atoms with Crippen LogP contribution in [0.2, 0.25) is 0 Å². The van der Waals surface area contributed by atoms with Gasteiger partial charge in [0.2, 0.25) is 0 Å². The van der Waals surface area contributed by atoms with Crippen molar-refractivity contribution in [1.29, 1.82) is 0 Å². The van der Waals surface area contributed by atoms with Gasteiger partial charge < -0.3 is 20.7 Å². The molecule has 1 aliphatic rings. The lowest BCUT2D eigenvalue weighted by molar-refractivity contribution is 0.0936. The number of aryl methyl sites for hydroxylation is 1. The molecule has 6 nitrogen and oxygen atoms in total. The first kappa shape index (κ1) is 23.6. The fourth-order valence-corrected chi connectivity index (χ4v) is 4.54. The highest BCUT2D eigenvalue weighted by Crippen LogP contribution is 2.31. The summed E-state index contributed by atoms with van der Waals surface area (Å²) >= 11 is 0. The van der Waals surface area contributed by atoms with Crippen LogP contribution in [0.15, 0.2) is 60.7 Å². The van der Waals surface area contributed by atoms with Crippen LogP contribution in [0.5, 0.6) is 5.75 Å². The quantitative estimate of drug-likeness (QED) is 0.321. The Kier molecular flexibility index (Phi) is 6.70. The third kappa shape index (κ3) is 5.24. The molecule has 0 radical (unpaired) electrons. The first-order chi connectivity index (χ1) is 17.5. The summed E-state index contributed by atoms with van der Waals surface area (Å²) < 4.78 is 14.2. The van der Waals surface area contributed by atoms with Crippen molar-refractivity contribution in [3.8, 4) is 17.6 Å². The molecule has 2 aromatic heterocycles. The van der Waals surface area contributed by atoms with Gasteiger partial charge in [-0.1, -0.05) is 30.0 Å². The molecule has 0 aliphatic carbocycles. The van der Waals surface area contributed by atoms with Gasteiger partial charge in [0.05, 0.1) is 6.04 Å². The maximum atomic E-state index is 14.2. The van der Waals surface area contributed by atoms with Crippen LogP contribution in [0.1, 0.15) is 51.9 Å². The molecule has 1 fully saturated rings. The predicted octanol–water partition coefficient (Wildman–Crippen LogP) is 4.59. The number of amides is 1. The molecule has 1 unspecified atom stereocenters. The number of aromatic amines is 1. The zero-order valence-corrected chi connectivity index (χ0v) is 19.9. The summed E-state index contributed by atoms with van der Waals surface area (Å²) in [6, 6.07) is 15.9. The molecule has 5 rings (SSSR count). The van der Waals surface area contributed by atoms with Crippen LogP contribution < -0.4 is 10.6 Å². The lowest BCUT2D eigenvalue weighted by atomic mass is 9.98. The molecule has 0 spiro atoms. The number of hydrogen-bond donors (Lipinski definition) is 4. The van der Waals surface area contributed by atoms with E-state index in [-0.39, 0.29) is 17.0 Å². The third-order valence-electron chi connectivity index (χ3n) is 6.38. The summed E-state index contributed by atoms with van der Waals surface area (Å²) in [5.41, 5.74) is 3.33. The normalized spacial score (nSPS) is 14.7. The molecule has 2 aromatic carbocycles. The second-order valence-corrected chi connectivity index (χ2v) is 9.10. The van der Waals surface area contributed by atoms with E-state index in [9.17, 15) is 14.3 Å². The number of H-pyrrole nitrogens is 1. The molecular formula is C29H27FN4O2. The van der Waals surface area contributed by atoms with Gasteiger partial charge in [-0.3, -0.25) is 4.79 Å². The van der Waals surface area contributed by atoms with Gasteiger partial charge in [0.25, 0.3) is 5.91 Å². The van der Waals surface area contributed by atoms with E-state index in [2.05, 4.69) is 32.4 Å². The van der Waals surface area contributed by atoms with Gasteiger partial charge in [-0.05, 0) is 80.7 Å². The molecule has 36 heavy (non-hydrogen) atoms. The molecule has 7 heteroatoms. The molecule has 1 amide bonds. The van der Waals surface area contributed by atoms with Crippen molar-refractivity contribution in [2.24, 2.45) is 5.92 Å². The number of carbonyl (C=O) groups is 1. The Balaban J connectivity index is 1.48. The van der Waals surface area contributed by atoms with Gasteiger partial charge >= 0.3 is 0 Å². The number of carbonyl (C=O) groups excluding carboxylic acids is 1. The van der Waals surface area contributed by atoms with Crippen molar-refractivity contribution >= 4 is 16.8 Å². The van der Waals surface area contributed by atoms with Gasteiger partial charge in [-0.25, -0.2) is 9.37 Å². The molecular weight excluding hydrogens is 455 g/mol. The van der Waals surface area contributed by atoms with Crippen LogP contribution in [-0.2, 0) is 0 Å².